The standard InChI is InChI=1S/C18H16N2O2/c1-13-4-2-3-5-15(13)6-7-17-20-16(18(21)22-17)12-14-8-10-19-11-9-14/h2-5,8-12H,6-7H2,1H3/b16-12+. The Morgan fingerprint density at radius 2 is 1.86 bits per heavy atom. The number of nitrogens with zero attached hydrogens (tertiary/aromatic N) is 2. The maximum atomic E-state index is 11.8. The number of ether oxygens (including phenoxy) is 1. The Morgan fingerprint density at radius 3 is 2.64 bits per heavy atom. The molecular formula is C18H16N2O2. The van der Waals surface area contributed by atoms with Crippen LogP contribution in [-0.2, 0) is 16.0 Å². The normalized spacial score (nSPS) is 15.8. The lowest BCUT2D eigenvalue weighted by Crippen LogP contribution is -2.05. The van der Waals surface area contributed by atoms with Gasteiger partial charge in [-0.1, -0.05) is 24.3 Å². The summed E-state index contributed by atoms with van der Waals surface area (Å²) in [6.07, 6.45) is 6.49. The Balaban J connectivity index is 1.71. The first-order valence-electron chi connectivity index (χ1n) is 7.18. The van der Waals surface area contributed by atoms with E-state index >= 15 is 0 Å². The average Bonchev–Trinajstić information content (AvgIpc) is 2.88. The summed E-state index contributed by atoms with van der Waals surface area (Å²) >= 11 is 0. The van der Waals surface area contributed by atoms with E-state index in [0.29, 0.717) is 18.0 Å². The Bertz CT molecular complexity index is 749. The van der Waals surface area contributed by atoms with Crippen LogP contribution in [0.25, 0.3) is 6.08 Å². The van der Waals surface area contributed by atoms with E-state index in [1.165, 1.54) is 11.1 Å². The summed E-state index contributed by atoms with van der Waals surface area (Å²) in [5.41, 5.74) is 3.70. The van der Waals surface area contributed by atoms with E-state index in [1.54, 1.807) is 18.5 Å². The molecule has 3 rings (SSSR count). The van der Waals surface area contributed by atoms with Gasteiger partial charge in [-0.25, -0.2) is 9.79 Å². The van der Waals surface area contributed by atoms with Crippen molar-refractivity contribution in [2.75, 3.05) is 0 Å². The lowest BCUT2D eigenvalue weighted by molar-refractivity contribution is -0.130. The first-order chi connectivity index (χ1) is 10.7. The van der Waals surface area contributed by atoms with Gasteiger partial charge in [0, 0.05) is 18.8 Å². The van der Waals surface area contributed by atoms with Crippen LogP contribution in [0.3, 0.4) is 0 Å². The molecule has 0 N–H and O–H groups in total. The van der Waals surface area contributed by atoms with Crippen molar-refractivity contribution >= 4 is 17.9 Å². The van der Waals surface area contributed by atoms with Gasteiger partial charge in [0.2, 0.25) is 0 Å². The molecule has 0 unspecified atom stereocenters. The maximum absolute atomic E-state index is 11.8. The van der Waals surface area contributed by atoms with E-state index in [9.17, 15) is 4.79 Å². The average molecular weight is 292 g/mol. The number of pyridine rings is 1. The zero-order valence-electron chi connectivity index (χ0n) is 12.3. The predicted octanol–water partition coefficient (Wildman–Crippen LogP) is 3.32. The third-order valence-corrected chi connectivity index (χ3v) is 3.54. The fraction of sp³-hybridized carbons (Fsp3) is 0.167. The van der Waals surface area contributed by atoms with Crippen LogP contribution in [0.2, 0.25) is 0 Å². The number of aromatic nitrogens is 1. The van der Waals surface area contributed by atoms with E-state index in [1.807, 2.05) is 24.3 Å². The van der Waals surface area contributed by atoms with Crippen molar-refractivity contribution in [2.45, 2.75) is 19.8 Å². The van der Waals surface area contributed by atoms with Crippen LogP contribution >= 0.6 is 0 Å². The lowest BCUT2D eigenvalue weighted by Gasteiger charge is -2.04. The monoisotopic (exact) mass is 292 g/mol. The second-order valence-corrected chi connectivity index (χ2v) is 5.13. The molecule has 0 radical (unpaired) electrons. The van der Waals surface area contributed by atoms with E-state index in [4.69, 9.17) is 4.74 Å². The number of hydrogen-bond donors (Lipinski definition) is 0. The number of carbonyl (C=O) groups is 1. The minimum Gasteiger partial charge on any atom is -0.407 e. The highest BCUT2D eigenvalue weighted by Gasteiger charge is 2.22. The maximum Gasteiger partial charge on any atom is 0.363 e. The summed E-state index contributed by atoms with van der Waals surface area (Å²) < 4.78 is 5.23. The molecule has 2 aromatic rings. The molecule has 0 spiro atoms. The van der Waals surface area contributed by atoms with Crippen molar-refractivity contribution in [2.24, 2.45) is 4.99 Å². The molecule has 22 heavy (non-hydrogen) atoms. The second-order valence-electron chi connectivity index (χ2n) is 5.13. The van der Waals surface area contributed by atoms with Crippen molar-refractivity contribution in [1.82, 2.24) is 4.98 Å². The van der Waals surface area contributed by atoms with Crippen LogP contribution in [0.4, 0.5) is 0 Å². The van der Waals surface area contributed by atoms with Gasteiger partial charge < -0.3 is 4.74 Å². The minimum absolute atomic E-state index is 0.339. The Hall–Kier alpha value is -2.75. The van der Waals surface area contributed by atoms with E-state index in [2.05, 4.69) is 29.0 Å². The van der Waals surface area contributed by atoms with Gasteiger partial charge in [-0.15, -0.1) is 0 Å². The quantitative estimate of drug-likeness (QED) is 0.641. The van der Waals surface area contributed by atoms with Gasteiger partial charge in [-0.2, -0.15) is 0 Å². The third-order valence-electron chi connectivity index (χ3n) is 3.54. The molecule has 0 aliphatic carbocycles. The molecule has 0 bridgehead atoms. The molecule has 110 valence electrons. The van der Waals surface area contributed by atoms with Crippen LogP contribution in [0, 0.1) is 6.92 Å². The Labute approximate surface area is 129 Å². The first-order valence-corrected chi connectivity index (χ1v) is 7.18. The topological polar surface area (TPSA) is 51.5 Å². The van der Waals surface area contributed by atoms with Gasteiger partial charge in [-0.05, 0) is 48.2 Å². The van der Waals surface area contributed by atoms with Crippen molar-refractivity contribution in [3.63, 3.8) is 0 Å². The summed E-state index contributed by atoms with van der Waals surface area (Å²) in [5.74, 6) is 0.0881. The number of rotatable bonds is 4. The predicted molar refractivity (Wildman–Crippen MR) is 85.2 cm³/mol. The highest BCUT2D eigenvalue weighted by atomic mass is 16.6. The number of aliphatic imine (C=N–C) groups is 1. The van der Waals surface area contributed by atoms with Crippen molar-refractivity contribution in [3.05, 3.63) is 71.2 Å². The molecule has 4 nitrogen and oxygen atoms in total. The van der Waals surface area contributed by atoms with Gasteiger partial charge in [-0.3, -0.25) is 4.98 Å². The van der Waals surface area contributed by atoms with Crippen LogP contribution in [0.1, 0.15) is 23.1 Å². The first kappa shape index (κ1) is 14.2. The third kappa shape index (κ3) is 3.28. The highest BCUT2D eigenvalue weighted by molar-refractivity contribution is 6.07. The van der Waals surface area contributed by atoms with Gasteiger partial charge >= 0.3 is 5.97 Å². The molecule has 1 aromatic heterocycles. The summed E-state index contributed by atoms with van der Waals surface area (Å²) in [7, 11) is 0. The minimum atomic E-state index is -0.392. The SMILES string of the molecule is Cc1ccccc1CCC1=N/C(=C/c2ccncc2)C(=O)O1. The number of aryl methyl sites for hydroxylation is 2. The molecule has 2 heterocycles. The van der Waals surface area contributed by atoms with Crippen molar-refractivity contribution in [1.29, 1.82) is 0 Å². The molecule has 0 atom stereocenters. The number of hydrogen-bond acceptors (Lipinski definition) is 4. The number of esters is 1. The van der Waals surface area contributed by atoms with E-state index in [0.717, 1.165) is 12.0 Å². The summed E-state index contributed by atoms with van der Waals surface area (Å²) in [6, 6.07) is 11.8. The van der Waals surface area contributed by atoms with Crippen molar-refractivity contribution < 1.29 is 9.53 Å². The zero-order chi connectivity index (χ0) is 15.4. The molecule has 1 aliphatic rings. The molecule has 0 amide bonds. The Morgan fingerprint density at radius 1 is 1.09 bits per heavy atom. The summed E-state index contributed by atoms with van der Waals surface area (Å²) in [4.78, 5) is 20.1. The molecule has 1 aliphatic heterocycles. The summed E-state index contributed by atoms with van der Waals surface area (Å²) in [5, 5.41) is 0. The lowest BCUT2D eigenvalue weighted by atomic mass is 10.0. The number of cyclic esters (lactones) is 1. The van der Waals surface area contributed by atoms with Gasteiger partial charge in [0.25, 0.3) is 0 Å². The van der Waals surface area contributed by atoms with Gasteiger partial charge in [0.05, 0.1) is 0 Å². The van der Waals surface area contributed by atoms with Crippen LogP contribution in [-0.4, -0.2) is 16.9 Å². The molecule has 0 saturated carbocycles. The highest BCUT2D eigenvalue weighted by Crippen LogP contribution is 2.18. The molecular weight excluding hydrogens is 276 g/mol. The molecule has 1 aromatic carbocycles. The van der Waals surface area contributed by atoms with Crippen LogP contribution < -0.4 is 0 Å². The largest absolute Gasteiger partial charge is 0.407 e. The fourth-order valence-corrected chi connectivity index (χ4v) is 2.31. The molecule has 4 heteroatoms. The van der Waals surface area contributed by atoms with Crippen LogP contribution in [0.5, 0.6) is 0 Å². The number of benzene rings is 1. The summed E-state index contributed by atoms with van der Waals surface area (Å²) in [6.45, 7) is 2.08. The van der Waals surface area contributed by atoms with Gasteiger partial charge in [0.1, 0.15) is 0 Å². The fourth-order valence-electron chi connectivity index (χ4n) is 2.31. The smallest absolute Gasteiger partial charge is 0.363 e. The zero-order valence-corrected chi connectivity index (χ0v) is 12.3. The number of carbonyl (C=O) groups excluding carboxylic acids is 1. The second kappa shape index (κ2) is 6.35. The van der Waals surface area contributed by atoms with Crippen LogP contribution in [0.15, 0.2) is 59.5 Å². The van der Waals surface area contributed by atoms with Gasteiger partial charge in [0.15, 0.2) is 11.6 Å². The Kier molecular flexibility index (Phi) is 4.10. The molecule has 0 fully saturated rings. The van der Waals surface area contributed by atoms with Crippen molar-refractivity contribution in [3.8, 4) is 0 Å². The van der Waals surface area contributed by atoms with E-state index in [-0.39, 0.29) is 0 Å². The van der Waals surface area contributed by atoms with E-state index < -0.39 is 5.97 Å². The molecule has 0 saturated heterocycles.